The second-order valence-electron chi connectivity index (χ2n) is 3.44. The summed E-state index contributed by atoms with van der Waals surface area (Å²) in [7, 11) is 0. The van der Waals surface area contributed by atoms with Crippen molar-refractivity contribution >= 4 is 23.0 Å². The van der Waals surface area contributed by atoms with Crippen molar-refractivity contribution in [2.75, 3.05) is 5.32 Å². The fourth-order valence-electron chi connectivity index (χ4n) is 1.39. The van der Waals surface area contributed by atoms with Gasteiger partial charge in [0.05, 0.1) is 23.4 Å². The number of hydrogen-bond donors (Lipinski definition) is 2. The van der Waals surface area contributed by atoms with Crippen molar-refractivity contribution < 1.29 is 9.90 Å². The van der Waals surface area contributed by atoms with E-state index in [1.807, 2.05) is 6.92 Å². The Balaban J connectivity index is 2.14. The first-order valence-corrected chi connectivity index (χ1v) is 5.86. The Hall–Kier alpha value is -1.95. The van der Waals surface area contributed by atoms with Gasteiger partial charge in [0, 0.05) is 17.3 Å². The van der Waals surface area contributed by atoms with Gasteiger partial charge in [-0.15, -0.1) is 11.3 Å². The first-order valence-electron chi connectivity index (χ1n) is 4.98. The first-order chi connectivity index (χ1) is 8.18. The van der Waals surface area contributed by atoms with E-state index in [-0.39, 0.29) is 5.56 Å². The van der Waals surface area contributed by atoms with Crippen molar-refractivity contribution in [3.8, 4) is 0 Å². The molecule has 2 heterocycles. The molecule has 0 aliphatic rings. The monoisotopic (exact) mass is 249 g/mol. The van der Waals surface area contributed by atoms with E-state index < -0.39 is 5.97 Å². The van der Waals surface area contributed by atoms with Gasteiger partial charge in [0.1, 0.15) is 5.56 Å². The van der Waals surface area contributed by atoms with Crippen LogP contribution < -0.4 is 5.32 Å². The molecule has 0 saturated carbocycles. The maximum atomic E-state index is 11.0. The number of aryl methyl sites for hydroxylation is 1. The number of anilines is 1. The standard InChI is InChI=1S/C11H11N3O2S/c1-7-10(17-6-14-7)5-13-9-2-3-12-4-8(9)11(15)16/h2-4,6H,5H2,1H3,(H,12,13)(H,15,16). The van der Waals surface area contributed by atoms with E-state index in [4.69, 9.17) is 5.11 Å². The van der Waals surface area contributed by atoms with Crippen molar-refractivity contribution in [3.63, 3.8) is 0 Å². The fourth-order valence-corrected chi connectivity index (χ4v) is 2.11. The molecule has 0 spiro atoms. The largest absolute Gasteiger partial charge is 0.478 e. The Morgan fingerprint density at radius 3 is 3.06 bits per heavy atom. The predicted octanol–water partition coefficient (Wildman–Crippen LogP) is 2.16. The van der Waals surface area contributed by atoms with Gasteiger partial charge >= 0.3 is 5.97 Å². The van der Waals surface area contributed by atoms with Crippen molar-refractivity contribution in [3.05, 3.63) is 40.1 Å². The smallest absolute Gasteiger partial charge is 0.339 e. The molecule has 0 unspecified atom stereocenters. The average molecular weight is 249 g/mol. The highest BCUT2D eigenvalue weighted by atomic mass is 32.1. The number of carboxylic acid groups (broad SMARTS) is 1. The number of aromatic carboxylic acids is 1. The maximum Gasteiger partial charge on any atom is 0.339 e. The molecule has 0 saturated heterocycles. The van der Waals surface area contributed by atoms with Crippen LogP contribution in [0.25, 0.3) is 0 Å². The highest BCUT2D eigenvalue weighted by Crippen LogP contribution is 2.17. The Bertz CT molecular complexity index is 539. The average Bonchev–Trinajstić information content (AvgIpc) is 2.72. The summed E-state index contributed by atoms with van der Waals surface area (Å²) in [5.74, 6) is -0.985. The predicted molar refractivity (Wildman–Crippen MR) is 65.4 cm³/mol. The van der Waals surface area contributed by atoms with Crippen LogP contribution in [0.2, 0.25) is 0 Å². The molecule has 0 radical (unpaired) electrons. The molecule has 0 atom stereocenters. The fraction of sp³-hybridized carbons (Fsp3) is 0.182. The van der Waals surface area contributed by atoms with E-state index in [2.05, 4.69) is 15.3 Å². The van der Waals surface area contributed by atoms with Crippen molar-refractivity contribution in [1.29, 1.82) is 0 Å². The van der Waals surface area contributed by atoms with Crippen molar-refractivity contribution in [1.82, 2.24) is 9.97 Å². The van der Waals surface area contributed by atoms with Crippen LogP contribution in [-0.4, -0.2) is 21.0 Å². The molecule has 2 aromatic rings. The molecule has 0 bridgehead atoms. The zero-order chi connectivity index (χ0) is 12.3. The molecular formula is C11H11N3O2S. The third-order valence-electron chi connectivity index (χ3n) is 2.34. The summed E-state index contributed by atoms with van der Waals surface area (Å²) < 4.78 is 0. The molecule has 2 N–H and O–H groups in total. The lowest BCUT2D eigenvalue weighted by Crippen LogP contribution is -2.06. The number of rotatable bonds is 4. The molecule has 2 rings (SSSR count). The summed E-state index contributed by atoms with van der Waals surface area (Å²) in [4.78, 5) is 20.0. The summed E-state index contributed by atoms with van der Waals surface area (Å²) in [6.07, 6.45) is 2.90. The molecule has 88 valence electrons. The maximum absolute atomic E-state index is 11.0. The summed E-state index contributed by atoms with van der Waals surface area (Å²) in [5.41, 5.74) is 3.49. The van der Waals surface area contributed by atoms with E-state index in [0.29, 0.717) is 12.2 Å². The van der Waals surface area contributed by atoms with Gasteiger partial charge in [-0.05, 0) is 13.0 Å². The molecule has 5 nitrogen and oxygen atoms in total. The summed E-state index contributed by atoms with van der Waals surface area (Å²) in [6, 6.07) is 1.65. The molecule has 2 aromatic heterocycles. The normalized spacial score (nSPS) is 10.2. The summed E-state index contributed by atoms with van der Waals surface area (Å²) >= 11 is 1.55. The lowest BCUT2D eigenvalue weighted by atomic mass is 10.2. The van der Waals surface area contributed by atoms with Crippen LogP contribution in [0, 0.1) is 6.92 Å². The van der Waals surface area contributed by atoms with Gasteiger partial charge in [0.25, 0.3) is 0 Å². The van der Waals surface area contributed by atoms with Crippen molar-refractivity contribution in [2.45, 2.75) is 13.5 Å². The molecule has 0 aliphatic carbocycles. The molecule has 0 aromatic carbocycles. The second-order valence-corrected chi connectivity index (χ2v) is 4.38. The third kappa shape index (κ3) is 2.59. The van der Waals surface area contributed by atoms with Gasteiger partial charge in [0.15, 0.2) is 0 Å². The Morgan fingerprint density at radius 2 is 2.41 bits per heavy atom. The van der Waals surface area contributed by atoms with Crippen LogP contribution in [0.4, 0.5) is 5.69 Å². The van der Waals surface area contributed by atoms with E-state index in [9.17, 15) is 4.79 Å². The number of carbonyl (C=O) groups is 1. The number of hydrogen-bond acceptors (Lipinski definition) is 5. The minimum atomic E-state index is -0.985. The van der Waals surface area contributed by atoms with Crippen LogP contribution in [-0.2, 0) is 6.54 Å². The third-order valence-corrected chi connectivity index (χ3v) is 3.27. The van der Waals surface area contributed by atoms with E-state index in [0.717, 1.165) is 10.6 Å². The Labute approximate surface area is 102 Å². The van der Waals surface area contributed by atoms with E-state index in [1.165, 1.54) is 6.20 Å². The quantitative estimate of drug-likeness (QED) is 0.868. The summed E-state index contributed by atoms with van der Waals surface area (Å²) in [5, 5.41) is 12.1. The van der Waals surface area contributed by atoms with Crippen LogP contribution in [0.15, 0.2) is 24.0 Å². The van der Waals surface area contributed by atoms with Gasteiger partial charge in [-0.1, -0.05) is 0 Å². The lowest BCUT2D eigenvalue weighted by molar-refractivity contribution is 0.0697. The van der Waals surface area contributed by atoms with Gasteiger partial charge < -0.3 is 10.4 Å². The number of aromatic nitrogens is 2. The minimum absolute atomic E-state index is 0.176. The molecule has 17 heavy (non-hydrogen) atoms. The van der Waals surface area contributed by atoms with E-state index >= 15 is 0 Å². The Morgan fingerprint density at radius 1 is 1.59 bits per heavy atom. The van der Waals surface area contributed by atoms with Gasteiger partial charge in [-0.25, -0.2) is 9.78 Å². The number of nitrogens with one attached hydrogen (secondary N) is 1. The molecule has 0 amide bonds. The molecule has 0 aliphatic heterocycles. The molecule has 0 fully saturated rings. The number of pyridine rings is 1. The highest BCUT2D eigenvalue weighted by molar-refractivity contribution is 7.09. The van der Waals surface area contributed by atoms with Gasteiger partial charge in [-0.2, -0.15) is 0 Å². The van der Waals surface area contributed by atoms with Crippen LogP contribution >= 0.6 is 11.3 Å². The van der Waals surface area contributed by atoms with Gasteiger partial charge in [0.2, 0.25) is 0 Å². The molecular weight excluding hydrogens is 238 g/mol. The number of carboxylic acids is 1. The topological polar surface area (TPSA) is 75.1 Å². The van der Waals surface area contributed by atoms with Crippen LogP contribution in [0.3, 0.4) is 0 Å². The van der Waals surface area contributed by atoms with Crippen LogP contribution in [0.5, 0.6) is 0 Å². The van der Waals surface area contributed by atoms with Crippen LogP contribution in [0.1, 0.15) is 20.9 Å². The van der Waals surface area contributed by atoms with Gasteiger partial charge in [-0.3, -0.25) is 4.98 Å². The number of thiazole rings is 1. The minimum Gasteiger partial charge on any atom is -0.478 e. The lowest BCUT2D eigenvalue weighted by Gasteiger charge is -2.07. The first kappa shape index (κ1) is 11.5. The second kappa shape index (κ2) is 4.92. The highest BCUT2D eigenvalue weighted by Gasteiger charge is 2.10. The zero-order valence-electron chi connectivity index (χ0n) is 9.17. The SMILES string of the molecule is Cc1ncsc1CNc1ccncc1C(=O)O. The number of nitrogens with zero attached hydrogens (tertiary/aromatic N) is 2. The zero-order valence-corrected chi connectivity index (χ0v) is 9.99. The van der Waals surface area contributed by atoms with Crippen molar-refractivity contribution in [2.24, 2.45) is 0 Å². The Kier molecular flexibility index (Phi) is 3.34. The molecule has 6 heteroatoms. The van der Waals surface area contributed by atoms with E-state index in [1.54, 1.807) is 29.1 Å². The summed E-state index contributed by atoms with van der Waals surface area (Å²) in [6.45, 7) is 2.50.